The first-order valence-electron chi connectivity index (χ1n) is 7.88. The molecule has 2 rings (SSSR count). The average Bonchev–Trinajstić information content (AvgIpc) is 3.04. The monoisotopic (exact) mass is 362 g/mol. The van der Waals surface area contributed by atoms with Gasteiger partial charge in [-0.15, -0.1) is 11.3 Å². The van der Waals surface area contributed by atoms with Crippen LogP contribution < -0.4 is 15.5 Å². The Hall–Kier alpha value is -1.90. The Balaban J connectivity index is 2.12. The molecule has 0 unspecified atom stereocenters. The van der Waals surface area contributed by atoms with Crippen LogP contribution in [0.25, 0.3) is 0 Å². The van der Waals surface area contributed by atoms with Gasteiger partial charge in [0, 0.05) is 11.6 Å². The van der Waals surface area contributed by atoms with Crippen molar-refractivity contribution in [1.29, 1.82) is 0 Å². The Bertz CT molecular complexity index is 727. The van der Waals surface area contributed by atoms with Crippen LogP contribution in [0.5, 0.6) is 5.75 Å². The van der Waals surface area contributed by atoms with E-state index in [-0.39, 0.29) is 5.91 Å². The molecule has 0 atom stereocenters. The van der Waals surface area contributed by atoms with Crippen LogP contribution in [-0.4, -0.2) is 41.8 Å². The summed E-state index contributed by atoms with van der Waals surface area (Å²) < 4.78 is 11.2. The summed E-state index contributed by atoms with van der Waals surface area (Å²) in [5.41, 5.74) is -0.436. The third-order valence-corrected chi connectivity index (χ3v) is 4.92. The Labute approximate surface area is 152 Å². The SMILES string of the molecule is COc1cc(BOC(C)(C)C(C)(C)O)ccc1C(=O)Nc1nccs1. The van der Waals surface area contributed by atoms with E-state index < -0.39 is 11.2 Å². The highest BCUT2D eigenvalue weighted by atomic mass is 32.1. The summed E-state index contributed by atoms with van der Waals surface area (Å²) in [6.07, 6.45) is 1.63. The number of ether oxygens (including phenoxy) is 1. The molecule has 6 nitrogen and oxygen atoms in total. The maximum absolute atomic E-state index is 12.4. The molecule has 2 N–H and O–H groups in total. The fourth-order valence-electron chi connectivity index (χ4n) is 1.90. The fraction of sp³-hybridized carbons (Fsp3) is 0.412. The van der Waals surface area contributed by atoms with E-state index in [1.165, 1.54) is 18.4 Å². The largest absolute Gasteiger partial charge is 0.496 e. The van der Waals surface area contributed by atoms with Crippen LogP contribution in [0.1, 0.15) is 38.1 Å². The van der Waals surface area contributed by atoms with Crippen LogP contribution in [0.4, 0.5) is 5.13 Å². The van der Waals surface area contributed by atoms with Crippen LogP contribution in [0.15, 0.2) is 29.8 Å². The van der Waals surface area contributed by atoms with Crippen molar-refractivity contribution in [1.82, 2.24) is 4.98 Å². The van der Waals surface area contributed by atoms with Crippen molar-refractivity contribution >= 4 is 35.3 Å². The molecular formula is C17H23BN2O4S. The summed E-state index contributed by atoms with van der Waals surface area (Å²) in [7, 11) is 1.81. The molecular weight excluding hydrogens is 339 g/mol. The number of rotatable bonds is 7. The zero-order valence-corrected chi connectivity index (χ0v) is 15.9. The van der Waals surface area contributed by atoms with Gasteiger partial charge in [-0.1, -0.05) is 6.07 Å². The molecule has 25 heavy (non-hydrogen) atoms. The standard InChI is InChI=1S/C17H23BN2O4S/c1-16(2,22)17(3,4)24-18-11-6-7-12(13(10-11)23-5)14(21)20-15-19-8-9-25-15/h6-10,18,22H,1-5H3,(H,19,20,21). The Kier molecular flexibility index (Phi) is 5.87. The summed E-state index contributed by atoms with van der Waals surface area (Å²) in [5.74, 6) is 0.173. The average molecular weight is 362 g/mol. The van der Waals surface area contributed by atoms with Crippen LogP contribution in [0.3, 0.4) is 0 Å². The lowest BCUT2D eigenvalue weighted by atomic mass is 9.82. The molecule has 0 radical (unpaired) electrons. The Morgan fingerprint density at radius 1 is 1.32 bits per heavy atom. The van der Waals surface area contributed by atoms with E-state index in [4.69, 9.17) is 9.39 Å². The van der Waals surface area contributed by atoms with E-state index in [1.54, 1.807) is 43.6 Å². The van der Waals surface area contributed by atoms with E-state index in [0.29, 0.717) is 23.9 Å². The van der Waals surface area contributed by atoms with Crippen LogP contribution in [0, 0.1) is 0 Å². The van der Waals surface area contributed by atoms with Crippen molar-refractivity contribution in [3.8, 4) is 5.75 Å². The van der Waals surface area contributed by atoms with Gasteiger partial charge in [-0.2, -0.15) is 0 Å². The molecule has 0 aliphatic heterocycles. The molecule has 1 aromatic carbocycles. The van der Waals surface area contributed by atoms with Crippen molar-refractivity contribution in [2.24, 2.45) is 0 Å². The summed E-state index contributed by atoms with van der Waals surface area (Å²) in [4.78, 5) is 16.4. The molecule has 1 heterocycles. The number of thiazole rings is 1. The van der Waals surface area contributed by atoms with Gasteiger partial charge in [0.25, 0.3) is 5.91 Å². The molecule has 0 saturated carbocycles. The molecule has 0 fully saturated rings. The topological polar surface area (TPSA) is 80.7 Å². The minimum Gasteiger partial charge on any atom is -0.496 e. The lowest BCUT2D eigenvalue weighted by Crippen LogP contribution is -2.49. The lowest BCUT2D eigenvalue weighted by Gasteiger charge is -2.37. The first-order valence-corrected chi connectivity index (χ1v) is 8.76. The number of methoxy groups -OCH3 is 1. The summed E-state index contributed by atoms with van der Waals surface area (Å²) >= 11 is 1.35. The number of aliphatic hydroxyl groups is 1. The second kappa shape index (κ2) is 7.55. The number of aromatic nitrogens is 1. The molecule has 0 saturated heterocycles. The first-order chi connectivity index (χ1) is 11.6. The van der Waals surface area contributed by atoms with Gasteiger partial charge < -0.3 is 14.5 Å². The van der Waals surface area contributed by atoms with Crippen molar-refractivity contribution in [2.75, 3.05) is 12.4 Å². The number of nitrogens with one attached hydrogen (secondary N) is 1. The maximum Gasteiger partial charge on any atom is 0.309 e. The summed E-state index contributed by atoms with van der Waals surface area (Å²) in [6, 6.07) is 5.26. The van der Waals surface area contributed by atoms with E-state index >= 15 is 0 Å². The number of hydrogen-bond donors (Lipinski definition) is 2. The molecule has 2 aromatic rings. The van der Waals surface area contributed by atoms with E-state index in [2.05, 4.69) is 10.3 Å². The Morgan fingerprint density at radius 3 is 2.60 bits per heavy atom. The number of carbonyl (C=O) groups excluding carboxylic acids is 1. The van der Waals surface area contributed by atoms with Gasteiger partial charge >= 0.3 is 7.48 Å². The molecule has 1 aromatic heterocycles. The second-order valence-corrected chi connectivity index (χ2v) is 7.58. The second-order valence-electron chi connectivity index (χ2n) is 6.68. The highest BCUT2D eigenvalue weighted by Crippen LogP contribution is 2.25. The van der Waals surface area contributed by atoms with E-state index in [0.717, 1.165) is 5.46 Å². The highest BCUT2D eigenvalue weighted by molar-refractivity contribution is 7.13. The Morgan fingerprint density at radius 2 is 2.04 bits per heavy atom. The van der Waals surface area contributed by atoms with E-state index in [1.807, 2.05) is 13.8 Å². The van der Waals surface area contributed by atoms with Crippen molar-refractivity contribution in [2.45, 2.75) is 38.9 Å². The van der Waals surface area contributed by atoms with Crippen LogP contribution in [-0.2, 0) is 4.65 Å². The van der Waals surface area contributed by atoms with Crippen molar-refractivity contribution in [3.05, 3.63) is 35.3 Å². The third-order valence-electron chi connectivity index (χ3n) is 4.24. The number of carbonyl (C=O) groups is 1. The zero-order valence-electron chi connectivity index (χ0n) is 15.1. The van der Waals surface area contributed by atoms with Gasteiger partial charge in [0.1, 0.15) is 5.75 Å². The third kappa shape index (κ3) is 4.81. The minimum absolute atomic E-state index is 0.281. The van der Waals surface area contributed by atoms with Crippen molar-refractivity contribution in [3.63, 3.8) is 0 Å². The van der Waals surface area contributed by atoms with E-state index in [9.17, 15) is 9.90 Å². The number of anilines is 1. The number of amides is 1. The number of nitrogens with zero attached hydrogens (tertiary/aromatic N) is 1. The van der Waals surface area contributed by atoms with Gasteiger partial charge in [0.15, 0.2) is 5.13 Å². The smallest absolute Gasteiger partial charge is 0.309 e. The molecule has 1 amide bonds. The number of hydrogen-bond acceptors (Lipinski definition) is 6. The molecule has 0 aliphatic rings. The fourth-order valence-corrected chi connectivity index (χ4v) is 2.43. The molecule has 0 bridgehead atoms. The molecule has 0 aliphatic carbocycles. The summed E-state index contributed by atoms with van der Waals surface area (Å²) in [5, 5.41) is 15.2. The lowest BCUT2D eigenvalue weighted by molar-refractivity contribution is -0.0893. The highest BCUT2D eigenvalue weighted by Gasteiger charge is 2.35. The number of benzene rings is 1. The molecule has 134 valence electrons. The molecule has 8 heteroatoms. The predicted molar refractivity (Wildman–Crippen MR) is 101 cm³/mol. The molecule has 0 spiro atoms. The predicted octanol–water partition coefficient (Wildman–Crippen LogP) is 1.95. The van der Waals surface area contributed by atoms with Crippen LogP contribution >= 0.6 is 11.3 Å². The normalized spacial score (nSPS) is 11.9. The quantitative estimate of drug-likeness (QED) is 0.736. The van der Waals surface area contributed by atoms with Gasteiger partial charge in [-0.05, 0) is 45.3 Å². The van der Waals surface area contributed by atoms with Gasteiger partial charge in [-0.25, -0.2) is 4.98 Å². The van der Waals surface area contributed by atoms with Gasteiger partial charge in [0.05, 0.1) is 23.9 Å². The maximum atomic E-state index is 12.4. The first kappa shape index (κ1) is 19.4. The summed E-state index contributed by atoms with van der Waals surface area (Å²) in [6.45, 7) is 7.08. The van der Waals surface area contributed by atoms with Gasteiger partial charge in [-0.3, -0.25) is 10.1 Å². The van der Waals surface area contributed by atoms with Crippen LogP contribution in [0.2, 0.25) is 0 Å². The zero-order chi connectivity index (χ0) is 18.7. The minimum atomic E-state index is -0.982. The van der Waals surface area contributed by atoms with Crippen molar-refractivity contribution < 1.29 is 19.3 Å². The van der Waals surface area contributed by atoms with Gasteiger partial charge in [0.2, 0.25) is 0 Å².